The van der Waals surface area contributed by atoms with E-state index in [1.165, 1.54) is 18.2 Å². The van der Waals surface area contributed by atoms with Crippen LogP contribution in [0.25, 0.3) is 21.2 Å². The number of halogens is 3. The van der Waals surface area contributed by atoms with Crippen molar-refractivity contribution < 1.29 is 23.1 Å². The number of amides is 2. The van der Waals surface area contributed by atoms with Gasteiger partial charge in [0.05, 0.1) is 33.5 Å². The second-order valence-electron chi connectivity index (χ2n) is 8.45. The third kappa shape index (κ3) is 3.67. The van der Waals surface area contributed by atoms with E-state index in [1.807, 2.05) is 6.07 Å². The first kappa shape index (κ1) is 24.0. The Morgan fingerprint density at radius 1 is 1.33 bits per heavy atom. The van der Waals surface area contributed by atoms with Crippen molar-refractivity contribution in [1.29, 1.82) is 5.26 Å². The van der Waals surface area contributed by atoms with Crippen molar-refractivity contribution in [3.05, 3.63) is 58.6 Å². The third-order valence-corrected chi connectivity index (χ3v) is 7.86. The Morgan fingerprint density at radius 2 is 2.11 bits per heavy atom. The Morgan fingerprint density at radius 3 is 2.83 bits per heavy atom. The number of carbonyl (C=O) groups excluding carboxylic acids is 2. The predicted molar refractivity (Wildman–Crippen MR) is 133 cm³/mol. The zero-order chi connectivity index (χ0) is 25.7. The summed E-state index contributed by atoms with van der Waals surface area (Å²) in [5, 5.41) is 9.77. The minimum atomic E-state index is -0.883. The molecule has 2 amide bonds. The van der Waals surface area contributed by atoms with Crippen LogP contribution in [-0.2, 0) is 4.79 Å². The summed E-state index contributed by atoms with van der Waals surface area (Å²) >= 11 is 7.42. The second-order valence-corrected chi connectivity index (χ2v) is 9.91. The fourth-order valence-electron chi connectivity index (χ4n) is 4.81. The van der Waals surface area contributed by atoms with Gasteiger partial charge in [0.15, 0.2) is 11.6 Å². The van der Waals surface area contributed by atoms with Crippen molar-refractivity contribution in [3.63, 3.8) is 0 Å². The second kappa shape index (κ2) is 9.08. The van der Waals surface area contributed by atoms with Crippen molar-refractivity contribution in [2.75, 3.05) is 32.0 Å². The van der Waals surface area contributed by atoms with Crippen LogP contribution in [-0.4, -0.2) is 53.9 Å². The summed E-state index contributed by atoms with van der Waals surface area (Å²) in [6.07, 6.45) is 1.61. The molecule has 0 unspecified atom stereocenters. The Kier molecular flexibility index (Phi) is 6.06. The van der Waals surface area contributed by atoms with Crippen LogP contribution >= 0.6 is 22.9 Å². The van der Waals surface area contributed by atoms with E-state index in [2.05, 4.69) is 6.58 Å². The number of hydrogen-bond acceptors (Lipinski definition) is 6. The van der Waals surface area contributed by atoms with Crippen LogP contribution in [0.4, 0.5) is 13.8 Å². The average Bonchev–Trinajstić information content (AvgIpc) is 3.21. The Labute approximate surface area is 213 Å². The molecule has 0 spiro atoms. The molecule has 7 nitrogen and oxygen atoms in total. The Bertz CT molecular complexity index is 1500. The van der Waals surface area contributed by atoms with Crippen LogP contribution in [0.2, 0.25) is 5.02 Å². The Balaban J connectivity index is 1.63. The zero-order valence-electron chi connectivity index (χ0n) is 18.8. The first-order valence-corrected chi connectivity index (χ1v) is 12.2. The molecule has 36 heavy (non-hydrogen) atoms. The molecule has 2 aliphatic rings. The van der Waals surface area contributed by atoms with E-state index < -0.39 is 17.5 Å². The molecule has 184 valence electrons. The molecule has 0 radical (unpaired) electrons. The largest absolute Gasteiger partial charge is 0.490 e. The SMILES string of the molecule is C=CC(=O)N1CCN2C(=O)c3cc(Cl)c(-c4ccc(F)c5sc(N)c(C#N)c45)c(F)c3OCC[C@H]2C1. The minimum absolute atomic E-state index is 0.0264. The van der Waals surface area contributed by atoms with E-state index in [1.54, 1.807) is 9.80 Å². The Hall–Kier alpha value is -3.68. The fourth-order valence-corrected chi connectivity index (χ4v) is 6.05. The minimum Gasteiger partial charge on any atom is -0.490 e. The van der Waals surface area contributed by atoms with E-state index in [0.717, 1.165) is 17.4 Å². The van der Waals surface area contributed by atoms with Gasteiger partial charge in [-0.05, 0) is 23.8 Å². The summed E-state index contributed by atoms with van der Waals surface area (Å²) in [6.45, 7) is 4.50. The number of thiophene rings is 1. The highest BCUT2D eigenvalue weighted by Crippen LogP contribution is 2.46. The normalized spacial score (nSPS) is 17.5. The molecule has 0 bridgehead atoms. The molecule has 2 N–H and O–H groups in total. The van der Waals surface area contributed by atoms with Crippen molar-refractivity contribution in [1.82, 2.24) is 9.80 Å². The number of piperazine rings is 1. The fraction of sp³-hybridized carbons (Fsp3) is 0.240. The highest BCUT2D eigenvalue weighted by molar-refractivity contribution is 7.23. The molecule has 1 fully saturated rings. The van der Waals surface area contributed by atoms with E-state index in [4.69, 9.17) is 22.1 Å². The summed E-state index contributed by atoms with van der Waals surface area (Å²) in [6, 6.07) is 5.46. The number of fused-ring (bicyclic) bond motifs is 3. The molecule has 1 aromatic heterocycles. The first-order chi connectivity index (χ1) is 17.3. The van der Waals surface area contributed by atoms with Gasteiger partial charge in [0.1, 0.15) is 16.9 Å². The number of nitrogen functional groups attached to an aromatic ring is 1. The number of hydrogen-bond donors (Lipinski definition) is 1. The lowest BCUT2D eigenvalue weighted by Crippen LogP contribution is -2.57. The molecule has 2 aliphatic heterocycles. The lowest BCUT2D eigenvalue weighted by Gasteiger charge is -2.42. The number of carbonyl (C=O) groups is 2. The molecule has 1 saturated heterocycles. The number of anilines is 1. The van der Waals surface area contributed by atoms with Gasteiger partial charge in [0.2, 0.25) is 5.91 Å². The van der Waals surface area contributed by atoms with E-state index in [0.29, 0.717) is 19.5 Å². The standard InChI is InChI=1S/C25H19ClF2N4O3S/c1-2-18(33)31-6-7-32-12(11-31)5-8-35-22-14(25(32)34)9-16(26)20(21(22)28)13-3-4-17(27)23-19(13)15(10-29)24(30)36-23/h2-4,9,12H,1,5-8,11,30H2/t12-/m0/s1. The molecule has 3 aromatic rings. The number of nitrogens with zero attached hydrogens (tertiary/aromatic N) is 3. The number of benzene rings is 2. The van der Waals surface area contributed by atoms with Crippen LogP contribution in [0.1, 0.15) is 22.3 Å². The zero-order valence-corrected chi connectivity index (χ0v) is 20.4. The van der Waals surface area contributed by atoms with E-state index >= 15 is 4.39 Å². The van der Waals surface area contributed by atoms with Crippen LogP contribution in [0.5, 0.6) is 5.75 Å². The smallest absolute Gasteiger partial charge is 0.258 e. The van der Waals surface area contributed by atoms with Crippen LogP contribution in [0, 0.1) is 23.0 Å². The quantitative estimate of drug-likeness (QED) is 0.491. The third-order valence-electron chi connectivity index (χ3n) is 6.53. The van der Waals surface area contributed by atoms with Crippen LogP contribution in [0.3, 0.4) is 0 Å². The maximum atomic E-state index is 16.0. The molecule has 0 saturated carbocycles. The van der Waals surface area contributed by atoms with Crippen molar-refractivity contribution in [2.45, 2.75) is 12.5 Å². The maximum Gasteiger partial charge on any atom is 0.258 e. The predicted octanol–water partition coefficient (Wildman–Crippen LogP) is 4.58. The topological polar surface area (TPSA) is 99.7 Å². The van der Waals surface area contributed by atoms with Gasteiger partial charge in [-0.25, -0.2) is 8.78 Å². The van der Waals surface area contributed by atoms with Gasteiger partial charge in [0, 0.05) is 37.0 Å². The number of nitriles is 1. The van der Waals surface area contributed by atoms with Gasteiger partial charge < -0.3 is 20.3 Å². The van der Waals surface area contributed by atoms with Crippen molar-refractivity contribution >= 4 is 49.8 Å². The van der Waals surface area contributed by atoms with Crippen molar-refractivity contribution in [2.24, 2.45) is 0 Å². The lowest BCUT2D eigenvalue weighted by molar-refractivity contribution is -0.128. The molecule has 2 aromatic carbocycles. The summed E-state index contributed by atoms with van der Waals surface area (Å²) in [5.74, 6) is -2.43. The number of nitrogens with two attached hydrogens (primary N) is 1. The monoisotopic (exact) mass is 528 g/mol. The molecular weight excluding hydrogens is 510 g/mol. The van der Waals surface area contributed by atoms with Gasteiger partial charge in [-0.15, -0.1) is 11.3 Å². The van der Waals surface area contributed by atoms with Gasteiger partial charge in [-0.1, -0.05) is 24.2 Å². The highest BCUT2D eigenvalue weighted by Gasteiger charge is 2.37. The number of rotatable bonds is 2. The molecular formula is C25H19ClF2N4O3S. The van der Waals surface area contributed by atoms with Crippen LogP contribution in [0.15, 0.2) is 30.9 Å². The summed E-state index contributed by atoms with van der Waals surface area (Å²) in [7, 11) is 0. The molecule has 11 heteroatoms. The molecule has 0 aliphatic carbocycles. The van der Waals surface area contributed by atoms with Crippen LogP contribution < -0.4 is 10.5 Å². The first-order valence-electron chi connectivity index (χ1n) is 11.0. The molecule has 3 heterocycles. The summed E-state index contributed by atoms with van der Waals surface area (Å²) in [4.78, 5) is 28.7. The lowest BCUT2D eigenvalue weighted by atomic mass is 9.95. The van der Waals surface area contributed by atoms with Gasteiger partial charge >= 0.3 is 0 Å². The van der Waals surface area contributed by atoms with Gasteiger partial charge in [0.25, 0.3) is 5.91 Å². The molecule has 5 rings (SSSR count). The number of ether oxygens (including phenoxy) is 1. The summed E-state index contributed by atoms with van der Waals surface area (Å²) < 4.78 is 36.4. The van der Waals surface area contributed by atoms with E-state index in [9.17, 15) is 19.2 Å². The van der Waals surface area contributed by atoms with Gasteiger partial charge in [-0.3, -0.25) is 9.59 Å². The van der Waals surface area contributed by atoms with Crippen molar-refractivity contribution in [3.8, 4) is 22.9 Å². The average molecular weight is 529 g/mol. The maximum absolute atomic E-state index is 16.0. The highest BCUT2D eigenvalue weighted by atomic mass is 35.5. The molecule has 1 atom stereocenters. The van der Waals surface area contributed by atoms with E-state index in [-0.39, 0.29) is 73.2 Å². The van der Waals surface area contributed by atoms with Gasteiger partial charge in [-0.2, -0.15) is 5.26 Å². The summed E-state index contributed by atoms with van der Waals surface area (Å²) in [5.41, 5.74) is 5.97.